The number of nitrogens with one attached hydrogen (secondary N) is 1. The maximum Gasteiger partial charge on any atom is 0.295 e. The Balaban J connectivity index is 1.89. The van der Waals surface area contributed by atoms with E-state index in [0.717, 1.165) is 23.5 Å². The molecule has 0 saturated carbocycles. The van der Waals surface area contributed by atoms with E-state index in [4.69, 9.17) is 5.73 Å². The lowest BCUT2D eigenvalue weighted by atomic mass is 10.0. The van der Waals surface area contributed by atoms with Gasteiger partial charge in [0.15, 0.2) is 0 Å². The molecule has 0 radical (unpaired) electrons. The van der Waals surface area contributed by atoms with E-state index in [-0.39, 0.29) is 37.9 Å². The van der Waals surface area contributed by atoms with Gasteiger partial charge < -0.3 is 11.1 Å². The summed E-state index contributed by atoms with van der Waals surface area (Å²) in [5.74, 6) is -0.262. The topological polar surface area (TPSA) is 212 Å². The monoisotopic (exact) mass is 571 g/mol. The van der Waals surface area contributed by atoms with Crippen molar-refractivity contribution in [3.63, 3.8) is 0 Å². The van der Waals surface area contributed by atoms with Gasteiger partial charge in [-0.25, -0.2) is 0 Å². The molecule has 0 aliphatic heterocycles. The summed E-state index contributed by atoms with van der Waals surface area (Å²) in [6, 6.07) is 14.2. The minimum atomic E-state index is -4.84. The van der Waals surface area contributed by atoms with Gasteiger partial charge in [-0.05, 0) is 35.9 Å². The summed E-state index contributed by atoms with van der Waals surface area (Å²) in [6.07, 6.45) is 0. The van der Waals surface area contributed by atoms with Gasteiger partial charge in [-0.15, -0.1) is 10.2 Å². The van der Waals surface area contributed by atoms with Crippen molar-refractivity contribution in [2.24, 2.45) is 10.2 Å². The molecule has 0 aliphatic carbocycles. The van der Waals surface area contributed by atoms with Gasteiger partial charge in [0.25, 0.3) is 20.2 Å². The zero-order valence-corrected chi connectivity index (χ0v) is 21.7. The molecule has 0 fully saturated rings. The highest BCUT2D eigenvalue weighted by Crippen LogP contribution is 2.45. The van der Waals surface area contributed by atoms with Gasteiger partial charge in [0.05, 0.1) is 11.3 Å². The van der Waals surface area contributed by atoms with Crippen LogP contribution in [-0.4, -0.2) is 31.8 Å². The second kappa shape index (κ2) is 9.93. The van der Waals surface area contributed by atoms with Gasteiger partial charge in [0, 0.05) is 28.9 Å². The second-order valence-electron chi connectivity index (χ2n) is 7.84. The summed E-state index contributed by atoms with van der Waals surface area (Å²) in [6.45, 7) is 1.36. The van der Waals surface area contributed by atoms with Crippen molar-refractivity contribution in [2.45, 2.75) is 16.7 Å². The number of anilines is 2. The van der Waals surface area contributed by atoms with Crippen LogP contribution < -0.4 is 11.1 Å². The van der Waals surface area contributed by atoms with E-state index < -0.39 is 30.0 Å². The van der Waals surface area contributed by atoms with Crippen LogP contribution in [0.15, 0.2) is 74.6 Å². The summed E-state index contributed by atoms with van der Waals surface area (Å²) in [4.78, 5) is 10.1. The highest BCUT2D eigenvalue weighted by Gasteiger charge is 2.22. The van der Waals surface area contributed by atoms with E-state index in [9.17, 15) is 36.0 Å². The molecule has 0 unspecified atom stereocenters. The summed E-state index contributed by atoms with van der Waals surface area (Å²) in [7, 11) is -9.60. The van der Waals surface area contributed by atoms with Crippen LogP contribution in [0.25, 0.3) is 21.9 Å². The average molecular weight is 572 g/mol. The van der Waals surface area contributed by atoms with Gasteiger partial charge in [0.1, 0.15) is 25.9 Å². The van der Waals surface area contributed by atoms with Gasteiger partial charge in [0.2, 0.25) is 5.91 Å². The number of hydrogen-bond donors (Lipinski definition) is 4. The van der Waals surface area contributed by atoms with Crippen molar-refractivity contribution in [1.29, 1.82) is 5.26 Å². The molecule has 194 valence electrons. The van der Waals surface area contributed by atoms with E-state index in [2.05, 4.69) is 15.5 Å². The number of rotatable bonds is 6. The first-order chi connectivity index (χ1) is 17.8. The zero-order valence-electron chi connectivity index (χ0n) is 19.3. The van der Waals surface area contributed by atoms with Crippen LogP contribution in [0.4, 0.5) is 21.4 Å². The Hall–Kier alpha value is -4.20. The van der Waals surface area contributed by atoms with E-state index >= 15 is 0 Å². The lowest BCUT2D eigenvalue weighted by molar-refractivity contribution is -0.114. The highest BCUT2D eigenvalue weighted by molar-refractivity contribution is 7.86. The number of nitrogen functional groups attached to an aromatic ring is 1. The number of amides is 1. The number of nitrogens with two attached hydrogens (primary N) is 1. The standard InChI is InChI=1S/C23H17N5O7S3/c1-12(29)26-14-7-5-13(6-8-14)21-18(11-24)22(25)36-23(21)28-27-15-9-17-16(20(10-15)38(33,34)35)3-2-4-19(17)37(30,31)32/h2-10H,25H2,1H3,(H,26,29)(H,30,31,32)(H,33,34,35). The van der Waals surface area contributed by atoms with Crippen molar-refractivity contribution in [3.05, 3.63) is 60.2 Å². The van der Waals surface area contributed by atoms with Crippen molar-refractivity contribution in [2.75, 3.05) is 11.1 Å². The van der Waals surface area contributed by atoms with Crippen LogP contribution in [0.3, 0.4) is 0 Å². The van der Waals surface area contributed by atoms with Crippen LogP contribution in [0.1, 0.15) is 12.5 Å². The lowest BCUT2D eigenvalue weighted by Gasteiger charge is -2.08. The Morgan fingerprint density at radius 3 is 2.21 bits per heavy atom. The molecule has 12 nitrogen and oxygen atoms in total. The number of nitriles is 1. The third-order valence-electron chi connectivity index (χ3n) is 5.24. The maximum absolute atomic E-state index is 12.0. The van der Waals surface area contributed by atoms with E-state index in [0.29, 0.717) is 16.8 Å². The SMILES string of the molecule is CC(=O)Nc1ccc(-c2c(N=Nc3cc(S(=O)(=O)O)c4cccc(S(=O)(=O)O)c4c3)sc(N)c2C#N)cc1. The molecule has 0 atom stereocenters. The largest absolute Gasteiger partial charge is 0.389 e. The molecule has 0 aliphatic rings. The molecule has 15 heteroatoms. The molecular weight excluding hydrogens is 554 g/mol. The number of thiophene rings is 1. The van der Waals surface area contributed by atoms with Crippen LogP contribution >= 0.6 is 11.3 Å². The molecule has 0 spiro atoms. The maximum atomic E-state index is 12.0. The molecule has 4 rings (SSSR count). The van der Waals surface area contributed by atoms with Crippen LogP contribution in [-0.2, 0) is 25.0 Å². The Bertz CT molecular complexity index is 1890. The number of nitrogens with zero attached hydrogens (tertiary/aromatic N) is 3. The number of fused-ring (bicyclic) bond motifs is 1. The van der Waals surface area contributed by atoms with Crippen LogP contribution in [0, 0.1) is 11.3 Å². The molecule has 1 aromatic heterocycles. The summed E-state index contributed by atoms with van der Waals surface area (Å²) >= 11 is 0.937. The Morgan fingerprint density at radius 1 is 0.974 bits per heavy atom. The van der Waals surface area contributed by atoms with E-state index in [1.54, 1.807) is 24.3 Å². The fraction of sp³-hybridized carbons (Fsp3) is 0.0435. The first-order valence-corrected chi connectivity index (χ1v) is 14.1. The van der Waals surface area contributed by atoms with Crippen LogP contribution in [0.2, 0.25) is 0 Å². The first-order valence-electron chi connectivity index (χ1n) is 10.4. The predicted molar refractivity (Wildman–Crippen MR) is 141 cm³/mol. The number of benzene rings is 3. The second-order valence-corrected chi connectivity index (χ2v) is 11.6. The quantitative estimate of drug-likeness (QED) is 0.183. The normalized spacial score (nSPS) is 12.1. The number of carbonyl (C=O) groups excluding carboxylic acids is 1. The van der Waals surface area contributed by atoms with Gasteiger partial charge in [-0.2, -0.15) is 22.1 Å². The van der Waals surface area contributed by atoms with Crippen molar-refractivity contribution >= 4 is 69.6 Å². The molecule has 0 bridgehead atoms. The third kappa shape index (κ3) is 5.39. The molecule has 5 N–H and O–H groups in total. The van der Waals surface area contributed by atoms with Gasteiger partial charge in [-0.3, -0.25) is 13.9 Å². The molecule has 38 heavy (non-hydrogen) atoms. The average Bonchev–Trinajstić information content (AvgIpc) is 3.15. The molecule has 4 aromatic rings. The number of carbonyl (C=O) groups is 1. The Labute approximate surface area is 220 Å². The molecular formula is C23H17N5O7S3. The summed E-state index contributed by atoms with van der Waals surface area (Å²) in [5, 5.41) is 20.4. The van der Waals surface area contributed by atoms with E-state index in [1.807, 2.05) is 6.07 Å². The van der Waals surface area contributed by atoms with Crippen molar-refractivity contribution < 1.29 is 30.7 Å². The Morgan fingerprint density at radius 2 is 1.63 bits per heavy atom. The highest BCUT2D eigenvalue weighted by atomic mass is 32.2. The van der Waals surface area contributed by atoms with Crippen molar-refractivity contribution in [1.82, 2.24) is 0 Å². The summed E-state index contributed by atoms with van der Waals surface area (Å²) in [5.41, 5.74) is 7.36. The van der Waals surface area contributed by atoms with Crippen LogP contribution in [0.5, 0.6) is 0 Å². The number of hydrogen-bond acceptors (Lipinski definition) is 10. The molecule has 1 heterocycles. The van der Waals surface area contributed by atoms with Crippen molar-refractivity contribution in [3.8, 4) is 17.2 Å². The minimum absolute atomic E-state index is 0.127. The molecule has 0 saturated heterocycles. The smallest absolute Gasteiger partial charge is 0.295 e. The predicted octanol–water partition coefficient (Wildman–Crippen LogP) is 4.89. The number of azo groups is 1. The fourth-order valence-corrected chi connectivity index (χ4v) is 6.00. The van der Waals surface area contributed by atoms with E-state index in [1.165, 1.54) is 25.1 Å². The molecule has 3 aromatic carbocycles. The fourth-order valence-electron chi connectivity index (χ4n) is 3.72. The lowest BCUT2D eigenvalue weighted by Crippen LogP contribution is -2.05. The Kier molecular flexibility index (Phi) is 7.02. The third-order valence-corrected chi connectivity index (χ3v) is 7.95. The zero-order chi connectivity index (χ0) is 27.8. The van der Waals surface area contributed by atoms with Gasteiger partial charge >= 0.3 is 0 Å². The van der Waals surface area contributed by atoms with Gasteiger partial charge in [-0.1, -0.05) is 35.6 Å². The summed E-state index contributed by atoms with van der Waals surface area (Å²) < 4.78 is 67.2. The minimum Gasteiger partial charge on any atom is -0.389 e. The first kappa shape index (κ1) is 26.9. The molecule has 1 amide bonds.